The SMILES string of the molecule is CCNc1ncccc1C(=O)NCCOC1CCCCC1. The lowest BCUT2D eigenvalue weighted by Crippen LogP contribution is -2.30. The molecule has 5 nitrogen and oxygen atoms in total. The maximum Gasteiger partial charge on any atom is 0.255 e. The number of rotatable bonds is 7. The quantitative estimate of drug-likeness (QED) is 0.758. The lowest BCUT2D eigenvalue weighted by atomic mass is 9.98. The molecule has 1 saturated carbocycles. The van der Waals surface area contributed by atoms with Gasteiger partial charge in [0.25, 0.3) is 5.91 Å². The van der Waals surface area contributed by atoms with Crippen molar-refractivity contribution in [1.82, 2.24) is 10.3 Å². The van der Waals surface area contributed by atoms with Crippen LogP contribution in [0.1, 0.15) is 49.4 Å². The van der Waals surface area contributed by atoms with Crippen molar-refractivity contribution in [2.45, 2.75) is 45.1 Å². The number of nitrogens with one attached hydrogen (secondary N) is 2. The van der Waals surface area contributed by atoms with E-state index in [1.165, 1.54) is 19.3 Å². The van der Waals surface area contributed by atoms with Gasteiger partial charge in [-0.3, -0.25) is 4.79 Å². The molecule has 0 aliphatic heterocycles. The number of carbonyl (C=O) groups is 1. The summed E-state index contributed by atoms with van der Waals surface area (Å²) in [4.78, 5) is 16.3. The molecule has 1 amide bonds. The predicted octanol–water partition coefficient (Wildman–Crippen LogP) is 2.59. The molecule has 0 saturated heterocycles. The van der Waals surface area contributed by atoms with E-state index < -0.39 is 0 Å². The second-order valence-corrected chi connectivity index (χ2v) is 5.32. The molecule has 0 aromatic carbocycles. The summed E-state index contributed by atoms with van der Waals surface area (Å²) >= 11 is 0. The van der Waals surface area contributed by atoms with Gasteiger partial charge in [0.05, 0.1) is 18.3 Å². The van der Waals surface area contributed by atoms with Crippen LogP contribution >= 0.6 is 0 Å². The zero-order valence-corrected chi connectivity index (χ0v) is 12.7. The highest BCUT2D eigenvalue weighted by Gasteiger charge is 2.14. The molecule has 1 aromatic heterocycles. The topological polar surface area (TPSA) is 63.2 Å². The summed E-state index contributed by atoms with van der Waals surface area (Å²) in [6.45, 7) is 3.83. The average molecular weight is 291 g/mol. The molecule has 1 aliphatic carbocycles. The van der Waals surface area contributed by atoms with Crippen molar-refractivity contribution in [2.75, 3.05) is 25.0 Å². The van der Waals surface area contributed by atoms with Crippen molar-refractivity contribution in [3.8, 4) is 0 Å². The Morgan fingerprint density at radius 3 is 2.95 bits per heavy atom. The van der Waals surface area contributed by atoms with Crippen molar-refractivity contribution >= 4 is 11.7 Å². The van der Waals surface area contributed by atoms with Crippen LogP contribution in [0.5, 0.6) is 0 Å². The molecule has 116 valence electrons. The highest BCUT2D eigenvalue weighted by atomic mass is 16.5. The molecule has 0 atom stereocenters. The van der Waals surface area contributed by atoms with E-state index in [4.69, 9.17) is 4.74 Å². The summed E-state index contributed by atoms with van der Waals surface area (Å²) in [5.41, 5.74) is 0.581. The van der Waals surface area contributed by atoms with Gasteiger partial charge < -0.3 is 15.4 Å². The molecule has 5 heteroatoms. The summed E-state index contributed by atoms with van der Waals surface area (Å²) in [6.07, 6.45) is 8.22. The first-order valence-corrected chi connectivity index (χ1v) is 7.90. The number of hydrogen-bond acceptors (Lipinski definition) is 4. The number of anilines is 1. The number of ether oxygens (including phenoxy) is 1. The van der Waals surface area contributed by atoms with E-state index in [-0.39, 0.29) is 5.91 Å². The van der Waals surface area contributed by atoms with Crippen molar-refractivity contribution in [1.29, 1.82) is 0 Å². The van der Waals surface area contributed by atoms with Crippen LogP contribution in [0.3, 0.4) is 0 Å². The molecule has 0 radical (unpaired) electrons. The third-order valence-corrected chi connectivity index (χ3v) is 3.69. The lowest BCUT2D eigenvalue weighted by Gasteiger charge is -2.22. The fourth-order valence-corrected chi connectivity index (χ4v) is 2.61. The van der Waals surface area contributed by atoms with Gasteiger partial charge in [-0.15, -0.1) is 0 Å². The predicted molar refractivity (Wildman–Crippen MR) is 83.6 cm³/mol. The minimum absolute atomic E-state index is 0.105. The zero-order valence-electron chi connectivity index (χ0n) is 12.7. The van der Waals surface area contributed by atoms with Crippen molar-refractivity contribution in [3.63, 3.8) is 0 Å². The van der Waals surface area contributed by atoms with Crippen LogP contribution in [0.25, 0.3) is 0 Å². The van der Waals surface area contributed by atoms with Gasteiger partial charge in [-0.25, -0.2) is 4.98 Å². The maximum atomic E-state index is 12.1. The number of nitrogens with zero attached hydrogens (tertiary/aromatic N) is 1. The third-order valence-electron chi connectivity index (χ3n) is 3.69. The highest BCUT2D eigenvalue weighted by Crippen LogP contribution is 2.19. The minimum Gasteiger partial charge on any atom is -0.376 e. The minimum atomic E-state index is -0.105. The van der Waals surface area contributed by atoms with Crippen molar-refractivity contribution in [3.05, 3.63) is 23.9 Å². The molecule has 0 spiro atoms. The number of carbonyl (C=O) groups excluding carboxylic acids is 1. The molecule has 0 bridgehead atoms. The Bertz CT molecular complexity index is 445. The van der Waals surface area contributed by atoms with Gasteiger partial charge in [0.1, 0.15) is 5.82 Å². The summed E-state index contributed by atoms with van der Waals surface area (Å²) < 4.78 is 5.80. The Morgan fingerprint density at radius 1 is 1.38 bits per heavy atom. The fourth-order valence-electron chi connectivity index (χ4n) is 2.61. The smallest absolute Gasteiger partial charge is 0.255 e. The average Bonchev–Trinajstić information content (AvgIpc) is 2.53. The Balaban J connectivity index is 1.74. The van der Waals surface area contributed by atoms with Crippen LogP contribution in [0, 0.1) is 0 Å². The monoisotopic (exact) mass is 291 g/mol. The number of hydrogen-bond donors (Lipinski definition) is 2. The third kappa shape index (κ3) is 5.01. The van der Waals surface area contributed by atoms with Crippen LogP contribution in [0.4, 0.5) is 5.82 Å². The standard InChI is InChI=1S/C16H25N3O2/c1-2-17-15-14(9-6-10-18-15)16(20)19-11-12-21-13-7-4-3-5-8-13/h6,9-10,13H,2-5,7-8,11-12H2,1H3,(H,17,18)(H,19,20). The van der Waals surface area contributed by atoms with Gasteiger partial charge in [-0.1, -0.05) is 19.3 Å². The largest absolute Gasteiger partial charge is 0.376 e. The first-order valence-electron chi connectivity index (χ1n) is 7.90. The normalized spacial score (nSPS) is 15.7. The molecular weight excluding hydrogens is 266 g/mol. The molecule has 0 unspecified atom stereocenters. The van der Waals surface area contributed by atoms with Gasteiger partial charge in [-0.2, -0.15) is 0 Å². The van der Waals surface area contributed by atoms with Crippen LogP contribution in [-0.4, -0.2) is 36.7 Å². The van der Waals surface area contributed by atoms with E-state index in [9.17, 15) is 4.79 Å². The molecule has 1 aromatic rings. The highest BCUT2D eigenvalue weighted by molar-refractivity contribution is 5.98. The summed E-state index contributed by atoms with van der Waals surface area (Å²) in [6, 6.07) is 3.55. The molecule has 1 heterocycles. The van der Waals surface area contributed by atoms with Crippen LogP contribution in [0.15, 0.2) is 18.3 Å². The zero-order chi connectivity index (χ0) is 14.9. The van der Waals surface area contributed by atoms with E-state index in [0.29, 0.717) is 30.6 Å². The fraction of sp³-hybridized carbons (Fsp3) is 0.625. The molecule has 1 aliphatic rings. The van der Waals surface area contributed by atoms with E-state index in [2.05, 4.69) is 15.6 Å². The molecule has 1 fully saturated rings. The Labute approximate surface area is 126 Å². The van der Waals surface area contributed by atoms with Gasteiger partial charge in [-0.05, 0) is 31.9 Å². The number of pyridine rings is 1. The van der Waals surface area contributed by atoms with Crippen LogP contribution < -0.4 is 10.6 Å². The maximum absolute atomic E-state index is 12.1. The van der Waals surface area contributed by atoms with Gasteiger partial charge in [0.15, 0.2) is 0 Å². The van der Waals surface area contributed by atoms with Crippen LogP contribution in [-0.2, 0) is 4.74 Å². The molecule has 21 heavy (non-hydrogen) atoms. The second-order valence-electron chi connectivity index (χ2n) is 5.32. The van der Waals surface area contributed by atoms with Gasteiger partial charge >= 0.3 is 0 Å². The lowest BCUT2D eigenvalue weighted by molar-refractivity contribution is 0.0299. The van der Waals surface area contributed by atoms with Crippen molar-refractivity contribution < 1.29 is 9.53 Å². The molecule has 2 N–H and O–H groups in total. The molecule has 2 rings (SSSR count). The van der Waals surface area contributed by atoms with E-state index in [1.807, 2.05) is 6.92 Å². The number of amides is 1. The van der Waals surface area contributed by atoms with E-state index >= 15 is 0 Å². The molecular formula is C16H25N3O2. The Hall–Kier alpha value is -1.62. The van der Waals surface area contributed by atoms with Crippen LogP contribution in [0.2, 0.25) is 0 Å². The first kappa shape index (κ1) is 15.8. The van der Waals surface area contributed by atoms with E-state index in [1.54, 1.807) is 18.3 Å². The van der Waals surface area contributed by atoms with Gasteiger partial charge in [0, 0.05) is 19.3 Å². The Morgan fingerprint density at radius 2 is 2.19 bits per heavy atom. The first-order chi connectivity index (χ1) is 10.3. The summed E-state index contributed by atoms with van der Waals surface area (Å²) in [7, 11) is 0. The Kier molecular flexibility index (Phi) is 6.47. The van der Waals surface area contributed by atoms with Crippen molar-refractivity contribution in [2.24, 2.45) is 0 Å². The second kappa shape index (κ2) is 8.62. The van der Waals surface area contributed by atoms with Gasteiger partial charge in [0.2, 0.25) is 0 Å². The summed E-state index contributed by atoms with van der Waals surface area (Å²) in [5, 5.41) is 5.99. The summed E-state index contributed by atoms with van der Waals surface area (Å²) in [5.74, 6) is 0.525. The van der Waals surface area contributed by atoms with E-state index in [0.717, 1.165) is 19.4 Å². The number of aromatic nitrogens is 1.